The molecule has 0 spiro atoms. The number of phenolic OH excluding ortho intramolecular Hbond substituents is 1. The van der Waals surface area contributed by atoms with Crippen LogP contribution in [-0.2, 0) is 83.5 Å². The molecule has 9 rings (SSSR count). The zero-order chi connectivity index (χ0) is 70.7. The molecule has 1 saturated heterocycles. The first-order chi connectivity index (χ1) is 47.6. The molecule has 2 aliphatic heterocycles. The van der Waals surface area contributed by atoms with Crippen LogP contribution >= 0.6 is 23.5 Å². The Labute approximate surface area is 579 Å². The second-order valence-electron chi connectivity index (χ2n) is 26.1. The van der Waals surface area contributed by atoms with E-state index in [2.05, 4.69) is 52.2 Å². The summed E-state index contributed by atoms with van der Waals surface area (Å²) in [6, 6.07) is 7.16. The topological polar surface area (TPSA) is 412 Å². The highest BCUT2D eigenvalue weighted by Gasteiger charge is 2.45. The average Bonchev–Trinajstić information content (AvgIpc) is 1.70. The number of ketones is 1. The highest BCUT2D eigenvalue weighted by atomic mass is 32.2. The summed E-state index contributed by atoms with van der Waals surface area (Å²) in [6.07, 6.45) is 4.46. The number of halogens is 2. The number of primary amides is 1. The van der Waals surface area contributed by atoms with Crippen LogP contribution in [0.2, 0.25) is 0 Å². The summed E-state index contributed by atoms with van der Waals surface area (Å²) in [6.45, 7) is -0.298. The standard InChI is InChI=1S/C69H87F2N13O13S2/c70-45-12-11-41-9-10-42(49(41)27-45)24-54-66(94)82-56(30-62(89)90)68(96)81-55(29-47-32-74-37-77-47)67(95)83-57(23-38-7-14-48(85)15-8-38)69(97)84-20-17-58(84)59(86)26-44(63(73)91)36-99-35-40-5-3-4-39(22-40)34-98-21-18-60(87)78-52(6-1-2-19-72)64(92)76-33-61(88)79-53(65(93)80-54)25-43-31-75-51-16-13-46(71)28-50(43)51/h3-5,7-8,13-16,22,28,31-32,37,41-42,44-45,49,52-58,75,85H,1-2,6,9-12,17-21,23-27,29-30,33-36,72H2,(H2,73,91)(H,74,77)(H,76,92)(H,78,87)(H,79,88)(H,80,93)(H,81,96)(H,82,94)(H,83,95)(H,89,90)/t41?,42?,44-,45?,49?,52-,53-,54-,55-,56-,57-,58-/m0/s1. The lowest BCUT2D eigenvalue weighted by atomic mass is 9.75. The van der Waals surface area contributed by atoms with Gasteiger partial charge in [0.15, 0.2) is 5.78 Å². The molecule has 4 aliphatic rings. The van der Waals surface area contributed by atoms with Crippen LogP contribution in [0.15, 0.2) is 85.5 Å². The number of aromatic amines is 2. The maximum atomic E-state index is 15.2. The van der Waals surface area contributed by atoms with Gasteiger partial charge in [-0.3, -0.25) is 52.7 Å². The number of imidazole rings is 1. The fourth-order valence-corrected chi connectivity index (χ4v) is 15.6. The fourth-order valence-electron chi connectivity index (χ4n) is 13.6. The molecule has 4 unspecified atom stereocenters. The molecule has 0 radical (unpaired) electrons. The zero-order valence-corrected chi connectivity index (χ0v) is 56.4. The highest BCUT2D eigenvalue weighted by Crippen LogP contribution is 2.48. The van der Waals surface area contributed by atoms with E-state index in [9.17, 15) is 57.8 Å². The van der Waals surface area contributed by atoms with Crippen molar-refractivity contribution in [3.63, 3.8) is 0 Å². The molecule has 15 N–H and O–H groups in total. The minimum absolute atomic E-state index is 0.0325. The van der Waals surface area contributed by atoms with Crippen molar-refractivity contribution in [3.8, 4) is 5.75 Å². The number of carboxylic acids is 1. The third-order valence-corrected chi connectivity index (χ3v) is 21.2. The van der Waals surface area contributed by atoms with Crippen molar-refractivity contribution in [2.24, 2.45) is 35.1 Å². The SMILES string of the molecule is NCCCC[C@@H]1NC(=O)CCSCc2cccc(c2)CSC[C@@H](C(N)=O)CC(=O)[C@@H]2CCN2C(=O)[C@H](Cc2ccc(O)cc2)NC(=O)[C@H](Cc2cnc[nH]2)NC(=O)[C@H](CC(=O)O)NC(=O)[C@H](CC2CCC3CCC(F)CC32)NC(=O)[C@H](Cc2c[nH]c3ccc(F)cc23)NC(=O)CNC1=O. The minimum atomic E-state index is -1.96. The number of aromatic hydroxyl groups is 1. The lowest BCUT2D eigenvalue weighted by Gasteiger charge is -2.42. The van der Waals surface area contributed by atoms with E-state index in [1.807, 2.05) is 24.3 Å². The molecule has 30 heteroatoms. The molecule has 2 bridgehead atoms. The molecule has 9 amide bonds. The van der Waals surface area contributed by atoms with E-state index < -0.39 is 138 Å². The van der Waals surface area contributed by atoms with Crippen LogP contribution in [0.3, 0.4) is 0 Å². The van der Waals surface area contributed by atoms with Gasteiger partial charge in [0.25, 0.3) is 0 Å². The number of Topliss-reactive ketones (excluding diaryl/α,β-unsaturated/α-hetero) is 1. The fraction of sp³-hybridized carbons (Fsp3) is 0.507. The average molecular weight is 1410 g/mol. The second-order valence-corrected chi connectivity index (χ2v) is 28.2. The molecule has 2 saturated carbocycles. The normalized spacial score (nSPS) is 26.6. The van der Waals surface area contributed by atoms with Crippen LogP contribution in [-0.4, -0.2) is 175 Å². The summed E-state index contributed by atoms with van der Waals surface area (Å²) in [7, 11) is 0. The second kappa shape index (κ2) is 35.7. The maximum absolute atomic E-state index is 15.2. The van der Waals surface area contributed by atoms with E-state index >= 15 is 14.0 Å². The number of aliphatic carboxylic acids is 1. The minimum Gasteiger partial charge on any atom is -0.508 e. The molecule has 532 valence electrons. The number of hydrogen-bond acceptors (Lipinski definition) is 16. The van der Waals surface area contributed by atoms with Gasteiger partial charge in [-0.25, -0.2) is 13.8 Å². The summed E-state index contributed by atoms with van der Waals surface area (Å²) in [5.41, 5.74) is 15.1. The van der Waals surface area contributed by atoms with E-state index in [1.54, 1.807) is 0 Å². The van der Waals surface area contributed by atoms with Gasteiger partial charge in [0, 0.05) is 90.7 Å². The van der Waals surface area contributed by atoms with Crippen LogP contribution in [0.5, 0.6) is 5.75 Å². The molecule has 2 aliphatic carbocycles. The number of nitrogens with one attached hydrogen (secondary N) is 9. The first kappa shape index (κ1) is 74.3. The molecule has 99 heavy (non-hydrogen) atoms. The van der Waals surface area contributed by atoms with Crippen molar-refractivity contribution in [2.45, 2.75) is 163 Å². The smallest absolute Gasteiger partial charge is 0.305 e. The van der Waals surface area contributed by atoms with Crippen LogP contribution in [0, 0.1) is 29.5 Å². The summed E-state index contributed by atoms with van der Waals surface area (Å²) in [5, 5.41) is 39.4. The van der Waals surface area contributed by atoms with Crippen molar-refractivity contribution in [3.05, 3.63) is 119 Å². The van der Waals surface area contributed by atoms with Gasteiger partial charge in [-0.1, -0.05) is 36.4 Å². The number of amides is 9. The van der Waals surface area contributed by atoms with Crippen molar-refractivity contribution in [1.82, 2.24) is 57.1 Å². The van der Waals surface area contributed by atoms with Crippen LogP contribution in [0.4, 0.5) is 8.78 Å². The molecular weight excluding hydrogens is 1320 g/mol. The molecule has 2 aromatic heterocycles. The number of aromatic nitrogens is 3. The number of nitrogens with zero attached hydrogens (tertiary/aromatic N) is 2. The van der Waals surface area contributed by atoms with E-state index in [0.29, 0.717) is 90.1 Å². The zero-order valence-electron chi connectivity index (χ0n) is 54.8. The van der Waals surface area contributed by atoms with Gasteiger partial charge in [0.2, 0.25) is 53.2 Å². The first-order valence-electron chi connectivity index (χ1n) is 33.6. The third-order valence-electron chi connectivity index (χ3n) is 19.0. The number of thioether (sulfide) groups is 2. The van der Waals surface area contributed by atoms with E-state index in [0.717, 1.165) is 11.1 Å². The van der Waals surface area contributed by atoms with Gasteiger partial charge < -0.3 is 73.8 Å². The number of fused-ring (bicyclic) bond motifs is 5. The first-order valence-corrected chi connectivity index (χ1v) is 35.9. The van der Waals surface area contributed by atoms with Gasteiger partial charge in [-0.2, -0.15) is 23.5 Å². The van der Waals surface area contributed by atoms with Crippen molar-refractivity contribution in [1.29, 1.82) is 0 Å². The number of unbranched alkanes of at least 4 members (excludes halogenated alkanes) is 1. The Hall–Kier alpha value is -8.90. The summed E-state index contributed by atoms with van der Waals surface area (Å²) in [4.78, 5) is 167. The van der Waals surface area contributed by atoms with Gasteiger partial charge in [0.05, 0.1) is 31.3 Å². The van der Waals surface area contributed by atoms with E-state index in [-0.39, 0.29) is 93.6 Å². The molecule has 4 heterocycles. The van der Waals surface area contributed by atoms with Crippen molar-refractivity contribution < 1.29 is 71.7 Å². The van der Waals surface area contributed by atoms with Crippen LogP contribution in [0.25, 0.3) is 10.9 Å². The van der Waals surface area contributed by atoms with Gasteiger partial charge in [0.1, 0.15) is 54.0 Å². The molecule has 3 fully saturated rings. The largest absolute Gasteiger partial charge is 0.508 e. The Kier molecular flexibility index (Phi) is 26.8. The number of carboxylic acid groups (broad SMARTS) is 1. The number of nitrogens with two attached hydrogens (primary N) is 2. The number of phenols is 1. The number of carbonyl (C=O) groups is 11. The lowest BCUT2D eigenvalue weighted by Crippen LogP contribution is -2.63. The van der Waals surface area contributed by atoms with Crippen molar-refractivity contribution in [2.75, 3.05) is 31.1 Å². The number of alkyl halides is 1. The lowest BCUT2D eigenvalue weighted by molar-refractivity contribution is -0.149. The number of benzene rings is 3. The van der Waals surface area contributed by atoms with Gasteiger partial charge >= 0.3 is 5.97 Å². The number of hydrogen-bond donors (Lipinski definition) is 13. The van der Waals surface area contributed by atoms with Crippen molar-refractivity contribution >= 4 is 99.3 Å². The predicted molar refractivity (Wildman–Crippen MR) is 365 cm³/mol. The Morgan fingerprint density at radius 2 is 1.39 bits per heavy atom. The highest BCUT2D eigenvalue weighted by molar-refractivity contribution is 7.98. The molecule has 3 aromatic carbocycles. The third kappa shape index (κ3) is 21.3. The van der Waals surface area contributed by atoms with Gasteiger partial charge in [-0.15, -0.1) is 0 Å². The Bertz CT molecular complexity index is 3700. The molecule has 5 aromatic rings. The summed E-state index contributed by atoms with van der Waals surface area (Å²) in [5.74, 6) is -10.2. The quantitative estimate of drug-likeness (QED) is 0.0669. The molecule has 12 atom stereocenters. The molecule has 26 nitrogen and oxygen atoms in total. The Morgan fingerprint density at radius 1 is 0.707 bits per heavy atom. The van der Waals surface area contributed by atoms with Gasteiger partial charge in [-0.05, 0) is 141 Å². The summed E-state index contributed by atoms with van der Waals surface area (Å²) >= 11 is 2.87. The maximum Gasteiger partial charge on any atom is 0.305 e. The van der Waals surface area contributed by atoms with Crippen LogP contribution in [0.1, 0.15) is 111 Å². The Balaban J connectivity index is 1.03. The number of carbonyl (C=O) groups excluding carboxylic acids is 10. The summed E-state index contributed by atoms with van der Waals surface area (Å²) < 4.78 is 30.1. The Morgan fingerprint density at radius 3 is 2.10 bits per heavy atom. The van der Waals surface area contributed by atoms with Crippen LogP contribution < -0.4 is 48.7 Å². The monoisotopic (exact) mass is 1410 g/mol. The predicted octanol–water partition coefficient (Wildman–Crippen LogP) is 3.18. The number of rotatable bonds is 15. The van der Waals surface area contributed by atoms with E-state index in [4.69, 9.17) is 11.5 Å². The number of H-pyrrole nitrogens is 2. The molecular formula is C69H87F2N13O13S2. The van der Waals surface area contributed by atoms with E-state index in [1.165, 1.54) is 89.6 Å².